The van der Waals surface area contributed by atoms with Crippen molar-refractivity contribution in [1.82, 2.24) is 0 Å². The second-order valence-corrected chi connectivity index (χ2v) is 8.49. The van der Waals surface area contributed by atoms with Crippen molar-refractivity contribution in [3.8, 4) is 11.5 Å². The molecule has 138 valence electrons. The maximum Gasteiger partial charge on any atom is 0.363 e. The highest BCUT2D eigenvalue weighted by atomic mass is 31.2. The van der Waals surface area contributed by atoms with Crippen molar-refractivity contribution in [2.45, 2.75) is 33.5 Å². The predicted molar refractivity (Wildman–Crippen MR) is 93.7 cm³/mol. The molecule has 7 heteroatoms. The normalized spacial score (nSPS) is 13.4. The summed E-state index contributed by atoms with van der Waals surface area (Å²) in [6, 6.07) is 4.92. The van der Waals surface area contributed by atoms with E-state index in [9.17, 15) is 9.67 Å². The third kappa shape index (κ3) is 5.78. The van der Waals surface area contributed by atoms with Crippen LogP contribution in [0.3, 0.4) is 0 Å². The van der Waals surface area contributed by atoms with Crippen molar-refractivity contribution in [2.75, 3.05) is 27.4 Å². The number of ether oxygens (including phenoxy) is 2. The van der Waals surface area contributed by atoms with Gasteiger partial charge >= 0.3 is 7.60 Å². The second-order valence-electron chi connectivity index (χ2n) is 6.40. The Morgan fingerprint density at radius 3 is 1.96 bits per heavy atom. The first-order valence-corrected chi connectivity index (χ1v) is 9.63. The van der Waals surface area contributed by atoms with Gasteiger partial charge in [-0.25, -0.2) is 0 Å². The molecule has 0 unspecified atom stereocenters. The molecular weight excluding hydrogens is 331 g/mol. The van der Waals surface area contributed by atoms with Crippen LogP contribution in [0.15, 0.2) is 18.2 Å². The van der Waals surface area contributed by atoms with E-state index in [0.717, 1.165) is 0 Å². The Balaban J connectivity index is 3.18. The highest BCUT2D eigenvalue weighted by molar-refractivity contribution is 7.54. The molecular formula is C17H29O6P. The molecule has 0 bridgehead atoms. The van der Waals surface area contributed by atoms with Gasteiger partial charge in [0.05, 0.1) is 27.4 Å². The van der Waals surface area contributed by atoms with Gasteiger partial charge in [0.15, 0.2) is 5.85 Å². The molecule has 1 aromatic rings. The Morgan fingerprint density at radius 2 is 1.54 bits per heavy atom. The lowest BCUT2D eigenvalue weighted by molar-refractivity contribution is 0.123. The van der Waals surface area contributed by atoms with Crippen LogP contribution in [0.4, 0.5) is 0 Å². The van der Waals surface area contributed by atoms with Gasteiger partial charge in [-0.3, -0.25) is 4.57 Å². The van der Waals surface area contributed by atoms with Gasteiger partial charge in [-0.1, -0.05) is 27.7 Å². The maximum absolute atomic E-state index is 13.2. The molecule has 1 aromatic carbocycles. The molecule has 0 aromatic heterocycles. The zero-order chi connectivity index (χ0) is 18.3. The van der Waals surface area contributed by atoms with Crippen LogP contribution in [0.2, 0.25) is 0 Å². The van der Waals surface area contributed by atoms with Gasteiger partial charge in [0.1, 0.15) is 11.5 Å². The maximum atomic E-state index is 13.2. The van der Waals surface area contributed by atoms with Crippen LogP contribution < -0.4 is 9.47 Å². The van der Waals surface area contributed by atoms with E-state index in [4.69, 9.17) is 18.5 Å². The summed E-state index contributed by atoms with van der Waals surface area (Å²) < 4.78 is 34.7. The van der Waals surface area contributed by atoms with Gasteiger partial charge in [-0.15, -0.1) is 0 Å². The van der Waals surface area contributed by atoms with E-state index in [1.165, 1.54) is 14.2 Å². The molecule has 24 heavy (non-hydrogen) atoms. The average molecular weight is 360 g/mol. The van der Waals surface area contributed by atoms with E-state index >= 15 is 0 Å². The van der Waals surface area contributed by atoms with Crippen LogP contribution in [-0.2, 0) is 13.6 Å². The number of aliphatic hydroxyl groups excluding tert-OH is 1. The van der Waals surface area contributed by atoms with Gasteiger partial charge in [0.25, 0.3) is 0 Å². The fourth-order valence-electron chi connectivity index (χ4n) is 1.90. The van der Waals surface area contributed by atoms with Gasteiger partial charge in [0, 0.05) is 5.56 Å². The summed E-state index contributed by atoms with van der Waals surface area (Å²) in [5, 5.41) is 10.7. The molecule has 0 aliphatic carbocycles. The van der Waals surface area contributed by atoms with Gasteiger partial charge in [0.2, 0.25) is 0 Å². The molecule has 0 spiro atoms. The van der Waals surface area contributed by atoms with Crippen LogP contribution in [0.1, 0.15) is 39.1 Å². The van der Waals surface area contributed by atoms with Gasteiger partial charge in [-0.2, -0.15) is 0 Å². The lowest BCUT2D eigenvalue weighted by Crippen LogP contribution is -2.12. The molecule has 1 rings (SSSR count). The Labute approximate surface area is 144 Å². The SMILES string of the molecule is COc1ccc(OC)c([C@@H](O)P(=O)(OCC(C)C)OCC(C)C)c1. The topological polar surface area (TPSA) is 74.2 Å². The van der Waals surface area contributed by atoms with Crippen molar-refractivity contribution >= 4 is 7.60 Å². The fourth-order valence-corrected chi connectivity index (χ4v) is 3.81. The summed E-state index contributed by atoms with van der Waals surface area (Å²) in [7, 11) is -0.795. The van der Waals surface area contributed by atoms with Crippen molar-refractivity contribution in [2.24, 2.45) is 11.8 Å². The Morgan fingerprint density at radius 1 is 1.00 bits per heavy atom. The zero-order valence-corrected chi connectivity index (χ0v) is 16.2. The highest BCUT2D eigenvalue weighted by Gasteiger charge is 2.38. The number of hydrogen-bond acceptors (Lipinski definition) is 6. The smallest absolute Gasteiger partial charge is 0.363 e. The van der Waals surface area contributed by atoms with Crippen molar-refractivity contribution in [3.63, 3.8) is 0 Å². The lowest BCUT2D eigenvalue weighted by Gasteiger charge is -2.26. The van der Waals surface area contributed by atoms with E-state index in [2.05, 4.69) is 0 Å². The van der Waals surface area contributed by atoms with E-state index in [-0.39, 0.29) is 25.0 Å². The van der Waals surface area contributed by atoms with Gasteiger partial charge in [-0.05, 0) is 30.0 Å². The van der Waals surface area contributed by atoms with Gasteiger partial charge < -0.3 is 23.6 Å². The van der Waals surface area contributed by atoms with Crippen LogP contribution in [0.25, 0.3) is 0 Å². The molecule has 6 nitrogen and oxygen atoms in total. The third-order valence-electron chi connectivity index (χ3n) is 3.19. The Kier molecular flexibility index (Phi) is 8.23. The zero-order valence-electron chi connectivity index (χ0n) is 15.3. The molecule has 0 saturated heterocycles. The quantitative estimate of drug-likeness (QED) is 0.629. The fraction of sp³-hybridized carbons (Fsp3) is 0.647. The van der Waals surface area contributed by atoms with Crippen LogP contribution >= 0.6 is 7.60 Å². The van der Waals surface area contributed by atoms with Crippen LogP contribution in [-0.4, -0.2) is 32.5 Å². The molecule has 1 atom stereocenters. The number of rotatable bonds is 10. The first kappa shape index (κ1) is 21.0. The summed E-state index contributed by atoms with van der Waals surface area (Å²) in [5.41, 5.74) is 0.313. The number of aliphatic hydroxyl groups is 1. The molecule has 1 N–H and O–H groups in total. The summed E-state index contributed by atoms with van der Waals surface area (Å²) in [6.45, 7) is 8.19. The Bertz CT molecular complexity index is 542. The molecule has 0 fully saturated rings. The summed E-state index contributed by atoms with van der Waals surface area (Å²) in [4.78, 5) is 0. The van der Waals surface area contributed by atoms with Crippen molar-refractivity contribution in [1.29, 1.82) is 0 Å². The van der Waals surface area contributed by atoms with Crippen LogP contribution in [0.5, 0.6) is 11.5 Å². The van der Waals surface area contributed by atoms with E-state index < -0.39 is 13.4 Å². The number of methoxy groups -OCH3 is 2. The standard InChI is InChI=1S/C17H29O6P/c1-12(2)10-22-24(19,23-11-13(3)4)17(18)15-9-14(20-5)7-8-16(15)21-6/h7-9,12-13,17-18H,10-11H2,1-6H3/t17-/m0/s1. The second kappa shape index (κ2) is 9.42. The summed E-state index contributed by atoms with van der Waals surface area (Å²) in [6.07, 6.45) is 0. The minimum Gasteiger partial charge on any atom is -0.497 e. The van der Waals surface area contributed by atoms with E-state index in [1.54, 1.807) is 18.2 Å². The summed E-state index contributed by atoms with van der Waals surface area (Å²) in [5.74, 6) is -0.241. The minimum absolute atomic E-state index is 0.153. The minimum atomic E-state index is -3.79. The molecule has 0 aliphatic rings. The van der Waals surface area contributed by atoms with Crippen molar-refractivity contribution < 1.29 is 28.2 Å². The van der Waals surface area contributed by atoms with Crippen LogP contribution in [0, 0.1) is 11.8 Å². The first-order valence-electron chi connectivity index (χ1n) is 8.02. The molecule has 0 heterocycles. The average Bonchev–Trinajstić information content (AvgIpc) is 2.56. The summed E-state index contributed by atoms with van der Waals surface area (Å²) >= 11 is 0. The predicted octanol–water partition coefficient (Wildman–Crippen LogP) is 4.23. The monoisotopic (exact) mass is 360 g/mol. The number of benzene rings is 1. The number of hydrogen-bond donors (Lipinski definition) is 1. The van der Waals surface area contributed by atoms with E-state index in [0.29, 0.717) is 17.1 Å². The van der Waals surface area contributed by atoms with E-state index in [1.807, 2.05) is 27.7 Å². The molecule has 0 amide bonds. The first-order chi connectivity index (χ1) is 11.2. The van der Waals surface area contributed by atoms with Crippen molar-refractivity contribution in [3.05, 3.63) is 23.8 Å². The molecule has 0 saturated carbocycles. The molecule has 0 aliphatic heterocycles. The highest BCUT2D eigenvalue weighted by Crippen LogP contribution is 2.61. The lowest BCUT2D eigenvalue weighted by atomic mass is 10.2. The third-order valence-corrected chi connectivity index (χ3v) is 5.09. The largest absolute Gasteiger partial charge is 0.497 e. The Hall–Kier alpha value is -1.07. The molecule has 0 radical (unpaired) electrons.